The van der Waals surface area contributed by atoms with Gasteiger partial charge >= 0.3 is 0 Å². The van der Waals surface area contributed by atoms with Crippen LogP contribution in [0.15, 0.2) is 150 Å². The zero-order chi connectivity index (χ0) is 31.0. The van der Waals surface area contributed by atoms with Gasteiger partial charge in [0.05, 0.1) is 11.4 Å². The Hall–Kier alpha value is -5.25. The summed E-state index contributed by atoms with van der Waals surface area (Å²) in [4.78, 5) is 14.8. The summed E-state index contributed by atoms with van der Waals surface area (Å²) in [6.45, 7) is 0. The van der Waals surface area contributed by atoms with Crippen molar-refractivity contribution in [2.24, 2.45) is 0 Å². The molecule has 222 valence electrons. The van der Waals surface area contributed by atoms with E-state index >= 15 is 0 Å². The fourth-order valence-electron chi connectivity index (χ4n) is 4.89. The van der Waals surface area contributed by atoms with Crippen LogP contribution < -0.4 is 0 Å². The van der Waals surface area contributed by atoms with Crippen LogP contribution in [0.1, 0.15) is 11.4 Å². The van der Waals surface area contributed by atoms with Crippen molar-refractivity contribution < 1.29 is 0 Å². The maximum Gasteiger partial charge on any atom is 0.210 e. The van der Waals surface area contributed by atoms with E-state index in [1.807, 2.05) is 140 Å². The largest absolute Gasteiger partial charge is 0.256 e. The van der Waals surface area contributed by atoms with E-state index in [2.05, 4.69) is 20.4 Å². The van der Waals surface area contributed by atoms with Crippen molar-refractivity contribution in [2.75, 3.05) is 0 Å². The standard InChI is InChI=1S/C37H27N7S2/c1-5-14-26(15-6-1)32-34(28-18-9-3-10-19-28)41-43-36(39-32)45-24-30-22-13-23-31(38-30)25-46-37-40-33(27-16-7-2-8-17-27)35(42-44-37)29-20-11-4-12-21-29/h1-23H,24-25H2. The molecule has 7 rings (SSSR count). The molecule has 9 heteroatoms. The summed E-state index contributed by atoms with van der Waals surface area (Å²) >= 11 is 3.04. The maximum absolute atomic E-state index is 4.93. The van der Waals surface area contributed by atoms with Gasteiger partial charge in [0.15, 0.2) is 0 Å². The molecule has 0 bridgehead atoms. The normalized spacial score (nSPS) is 11.0. The van der Waals surface area contributed by atoms with Crippen LogP contribution in [0.2, 0.25) is 0 Å². The van der Waals surface area contributed by atoms with Gasteiger partial charge < -0.3 is 0 Å². The predicted octanol–water partition coefficient (Wildman–Crippen LogP) is 8.70. The van der Waals surface area contributed by atoms with Crippen LogP contribution in [-0.2, 0) is 11.5 Å². The van der Waals surface area contributed by atoms with E-state index in [1.54, 1.807) is 0 Å². The number of hydrogen-bond donors (Lipinski definition) is 0. The third-order valence-corrected chi connectivity index (χ3v) is 8.83. The van der Waals surface area contributed by atoms with Crippen LogP contribution in [0.25, 0.3) is 45.0 Å². The van der Waals surface area contributed by atoms with Gasteiger partial charge in [-0.15, -0.1) is 20.4 Å². The highest BCUT2D eigenvalue weighted by atomic mass is 32.2. The Balaban J connectivity index is 1.07. The topological polar surface area (TPSA) is 90.2 Å². The molecule has 0 saturated carbocycles. The molecule has 0 radical (unpaired) electrons. The first kappa shape index (κ1) is 29.5. The van der Waals surface area contributed by atoms with E-state index in [-0.39, 0.29) is 0 Å². The number of aromatic nitrogens is 7. The first-order valence-electron chi connectivity index (χ1n) is 14.7. The van der Waals surface area contributed by atoms with E-state index in [1.165, 1.54) is 23.5 Å². The molecule has 7 aromatic rings. The van der Waals surface area contributed by atoms with E-state index in [0.29, 0.717) is 21.8 Å². The van der Waals surface area contributed by atoms with Crippen molar-refractivity contribution in [2.45, 2.75) is 21.8 Å². The van der Waals surface area contributed by atoms with Crippen molar-refractivity contribution >= 4 is 23.5 Å². The third kappa shape index (κ3) is 7.01. The van der Waals surface area contributed by atoms with Gasteiger partial charge in [0.25, 0.3) is 0 Å². The van der Waals surface area contributed by atoms with Crippen LogP contribution >= 0.6 is 23.5 Å². The number of pyridine rings is 1. The lowest BCUT2D eigenvalue weighted by Crippen LogP contribution is -2.01. The van der Waals surface area contributed by atoms with Crippen LogP contribution in [0.4, 0.5) is 0 Å². The van der Waals surface area contributed by atoms with Crippen molar-refractivity contribution in [3.63, 3.8) is 0 Å². The summed E-state index contributed by atoms with van der Waals surface area (Å²) in [6, 6.07) is 46.3. The molecule has 0 unspecified atom stereocenters. The Bertz CT molecular complexity index is 1900. The Morgan fingerprint density at radius 2 is 0.674 bits per heavy atom. The van der Waals surface area contributed by atoms with Gasteiger partial charge in [0.2, 0.25) is 10.3 Å². The van der Waals surface area contributed by atoms with Crippen LogP contribution in [0.3, 0.4) is 0 Å². The van der Waals surface area contributed by atoms with Gasteiger partial charge in [-0.3, -0.25) is 4.98 Å². The van der Waals surface area contributed by atoms with E-state index < -0.39 is 0 Å². The van der Waals surface area contributed by atoms with Gasteiger partial charge in [-0.2, -0.15) is 0 Å². The lowest BCUT2D eigenvalue weighted by molar-refractivity contribution is 0.848. The second-order valence-corrected chi connectivity index (χ2v) is 12.1. The average molecular weight is 634 g/mol. The van der Waals surface area contributed by atoms with Crippen LogP contribution in [0.5, 0.6) is 0 Å². The third-order valence-electron chi connectivity index (χ3n) is 7.09. The summed E-state index contributed by atoms with van der Waals surface area (Å²) in [7, 11) is 0. The Morgan fingerprint density at radius 1 is 0.326 bits per heavy atom. The molecule has 0 aliphatic carbocycles. The second kappa shape index (κ2) is 14.2. The molecular formula is C37H27N7S2. The molecule has 0 aliphatic rings. The molecule has 4 aromatic carbocycles. The van der Waals surface area contributed by atoms with Crippen LogP contribution in [0, 0.1) is 0 Å². The fourth-order valence-corrected chi connectivity index (χ4v) is 6.27. The lowest BCUT2D eigenvalue weighted by atomic mass is 10.0. The summed E-state index contributed by atoms with van der Waals surface area (Å²) in [5.74, 6) is 1.22. The molecule has 0 aliphatic heterocycles. The monoisotopic (exact) mass is 633 g/mol. The van der Waals surface area contributed by atoms with Crippen molar-refractivity contribution in [1.82, 2.24) is 35.3 Å². The first-order valence-corrected chi connectivity index (χ1v) is 16.7. The number of benzene rings is 4. The molecule has 7 nitrogen and oxygen atoms in total. The molecule has 46 heavy (non-hydrogen) atoms. The predicted molar refractivity (Wildman–Crippen MR) is 185 cm³/mol. The highest BCUT2D eigenvalue weighted by molar-refractivity contribution is 7.98. The number of rotatable bonds is 10. The van der Waals surface area contributed by atoms with E-state index in [0.717, 1.165) is 56.4 Å². The molecule has 0 N–H and O–H groups in total. The Morgan fingerprint density at radius 3 is 1.04 bits per heavy atom. The summed E-state index contributed by atoms with van der Waals surface area (Å²) in [6.07, 6.45) is 0. The van der Waals surface area contributed by atoms with Crippen molar-refractivity contribution in [3.05, 3.63) is 151 Å². The molecule has 0 atom stereocenters. The Labute approximate surface area is 275 Å². The quantitative estimate of drug-likeness (QED) is 0.137. The molecule has 0 spiro atoms. The SMILES string of the molecule is c1ccc(-c2nnc(SCc3cccc(CSc4nnc(-c5ccccc5)c(-c5ccccc5)n4)n3)nc2-c2ccccc2)cc1. The number of hydrogen-bond acceptors (Lipinski definition) is 9. The molecule has 0 amide bonds. The fraction of sp³-hybridized carbons (Fsp3) is 0.0541. The Kier molecular flexibility index (Phi) is 9.12. The minimum atomic E-state index is 0.603. The average Bonchev–Trinajstić information content (AvgIpc) is 3.14. The smallest absolute Gasteiger partial charge is 0.210 e. The molecule has 3 heterocycles. The van der Waals surface area contributed by atoms with Gasteiger partial charge in [-0.1, -0.05) is 151 Å². The summed E-state index contributed by atoms with van der Waals surface area (Å²) < 4.78 is 0. The summed E-state index contributed by atoms with van der Waals surface area (Å²) in [5, 5.41) is 19.3. The van der Waals surface area contributed by atoms with Crippen LogP contribution in [-0.4, -0.2) is 35.3 Å². The molecule has 3 aromatic heterocycles. The number of thioether (sulfide) groups is 2. The van der Waals surface area contributed by atoms with Gasteiger partial charge in [0.1, 0.15) is 22.8 Å². The number of nitrogens with zero attached hydrogens (tertiary/aromatic N) is 7. The van der Waals surface area contributed by atoms with Gasteiger partial charge in [0, 0.05) is 33.8 Å². The second-order valence-electron chi connectivity index (χ2n) is 10.2. The maximum atomic E-state index is 4.93. The lowest BCUT2D eigenvalue weighted by Gasteiger charge is -2.10. The molecular weight excluding hydrogens is 607 g/mol. The van der Waals surface area contributed by atoms with Crippen molar-refractivity contribution in [3.8, 4) is 45.0 Å². The molecule has 0 fully saturated rings. The minimum absolute atomic E-state index is 0.603. The van der Waals surface area contributed by atoms with E-state index in [9.17, 15) is 0 Å². The first-order chi connectivity index (χ1) is 22.8. The molecule has 0 saturated heterocycles. The van der Waals surface area contributed by atoms with E-state index in [4.69, 9.17) is 15.0 Å². The minimum Gasteiger partial charge on any atom is -0.256 e. The highest BCUT2D eigenvalue weighted by Gasteiger charge is 2.16. The zero-order valence-electron chi connectivity index (χ0n) is 24.6. The van der Waals surface area contributed by atoms with Crippen molar-refractivity contribution in [1.29, 1.82) is 0 Å². The zero-order valence-corrected chi connectivity index (χ0v) is 26.3. The highest BCUT2D eigenvalue weighted by Crippen LogP contribution is 2.32. The van der Waals surface area contributed by atoms with Gasteiger partial charge in [-0.05, 0) is 12.1 Å². The van der Waals surface area contributed by atoms with Gasteiger partial charge in [-0.25, -0.2) is 9.97 Å². The summed E-state index contributed by atoms with van der Waals surface area (Å²) in [5.41, 5.74) is 8.97.